The Labute approximate surface area is 123 Å². The second-order valence-electron chi connectivity index (χ2n) is 5.70. The first-order valence-corrected chi connectivity index (χ1v) is 6.92. The molecular formula is C16H17FN2O2. The molecule has 0 aromatic heterocycles. The van der Waals surface area contributed by atoms with E-state index in [2.05, 4.69) is 0 Å². The number of Topliss-reactive ketones (excluding diaryl/α,β-unsaturated/α-hetero) is 1. The van der Waals surface area contributed by atoms with Gasteiger partial charge in [-0.3, -0.25) is 9.59 Å². The molecule has 0 N–H and O–H groups in total. The number of carbonyl (C=O) groups excluding carboxylic acids is 2. The lowest BCUT2D eigenvalue weighted by Gasteiger charge is -2.24. The lowest BCUT2D eigenvalue weighted by Crippen LogP contribution is -2.36. The van der Waals surface area contributed by atoms with Crippen LogP contribution in [0.25, 0.3) is 0 Å². The van der Waals surface area contributed by atoms with Gasteiger partial charge in [-0.05, 0) is 30.0 Å². The number of amides is 1. The van der Waals surface area contributed by atoms with E-state index in [-0.39, 0.29) is 24.1 Å². The Morgan fingerprint density at radius 2 is 1.90 bits per heavy atom. The third kappa shape index (κ3) is 3.10. The number of hydrogen-bond acceptors (Lipinski definition) is 3. The SMILES string of the molecule is CC(C)C[C@H]1C(=O)C(C#N)C(=O)N1Cc1ccc(F)cc1. The van der Waals surface area contributed by atoms with E-state index in [4.69, 9.17) is 5.26 Å². The average molecular weight is 288 g/mol. The number of ketones is 1. The maximum atomic E-state index is 12.9. The molecule has 1 aliphatic heterocycles. The first kappa shape index (κ1) is 15.2. The largest absolute Gasteiger partial charge is 0.327 e. The van der Waals surface area contributed by atoms with Crippen LogP contribution in [0.15, 0.2) is 24.3 Å². The molecule has 1 aromatic carbocycles. The fourth-order valence-corrected chi connectivity index (χ4v) is 2.57. The first-order valence-electron chi connectivity index (χ1n) is 6.92. The van der Waals surface area contributed by atoms with Crippen molar-refractivity contribution in [3.63, 3.8) is 0 Å². The van der Waals surface area contributed by atoms with Crippen molar-refractivity contribution >= 4 is 11.7 Å². The van der Waals surface area contributed by atoms with E-state index >= 15 is 0 Å². The van der Waals surface area contributed by atoms with Gasteiger partial charge in [0.05, 0.1) is 12.1 Å². The third-order valence-corrected chi connectivity index (χ3v) is 3.61. The molecule has 0 spiro atoms. The van der Waals surface area contributed by atoms with Gasteiger partial charge in [0.2, 0.25) is 5.91 Å². The maximum absolute atomic E-state index is 12.9. The van der Waals surface area contributed by atoms with Gasteiger partial charge in [0.25, 0.3) is 0 Å². The minimum atomic E-state index is -1.20. The summed E-state index contributed by atoms with van der Waals surface area (Å²) >= 11 is 0. The van der Waals surface area contributed by atoms with Crippen molar-refractivity contribution in [3.05, 3.63) is 35.6 Å². The highest BCUT2D eigenvalue weighted by molar-refractivity contribution is 6.12. The summed E-state index contributed by atoms with van der Waals surface area (Å²) in [4.78, 5) is 25.9. The third-order valence-electron chi connectivity index (χ3n) is 3.61. The Balaban J connectivity index is 2.25. The Bertz CT molecular complexity index is 589. The van der Waals surface area contributed by atoms with Crippen LogP contribution in [0.3, 0.4) is 0 Å². The monoisotopic (exact) mass is 288 g/mol. The lowest BCUT2D eigenvalue weighted by molar-refractivity contribution is -0.131. The van der Waals surface area contributed by atoms with Crippen molar-refractivity contribution in [3.8, 4) is 6.07 Å². The molecule has 1 amide bonds. The number of halogens is 1. The van der Waals surface area contributed by atoms with Crippen LogP contribution in [0.4, 0.5) is 4.39 Å². The van der Waals surface area contributed by atoms with Crippen LogP contribution in [0.5, 0.6) is 0 Å². The Morgan fingerprint density at radius 3 is 2.43 bits per heavy atom. The zero-order valence-corrected chi connectivity index (χ0v) is 12.0. The molecule has 0 saturated carbocycles. The minimum Gasteiger partial charge on any atom is -0.327 e. The van der Waals surface area contributed by atoms with Gasteiger partial charge in [0, 0.05) is 6.54 Å². The molecule has 0 radical (unpaired) electrons. The predicted octanol–water partition coefficient (Wildman–Crippen LogP) is 2.29. The van der Waals surface area contributed by atoms with Crippen LogP contribution in [0.1, 0.15) is 25.8 Å². The normalized spacial score (nSPS) is 22.0. The van der Waals surface area contributed by atoms with Crippen molar-refractivity contribution in [1.82, 2.24) is 4.90 Å². The van der Waals surface area contributed by atoms with E-state index < -0.39 is 17.9 Å². The fourth-order valence-electron chi connectivity index (χ4n) is 2.57. The quantitative estimate of drug-likeness (QED) is 0.799. The molecule has 1 saturated heterocycles. The molecule has 1 aliphatic rings. The van der Waals surface area contributed by atoms with E-state index in [1.807, 2.05) is 13.8 Å². The minimum absolute atomic E-state index is 0.223. The molecule has 1 aromatic rings. The molecule has 1 fully saturated rings. The van der Waals surface area contributed by atoms with Gasteiger partial charge in [-0.25, -0.2) is 4.39 Å². The van der Waals surface area contributed by atoms with Gasteiger partial charge in [0.1, 0.15) is 5.82 Å². The molecule has 0 bridgehead atoms. The summed E-state index contributed by atoms with van der Waals surface area (Å²) in [5, 5.41) is 9.01. The molecule has 0 aliphatic carbocycles. The zero-order chi connectivity index (χ0) is 15.6. The number of carbonyl (C=O) groups is 2. The van der Waals surface area contributed by atoms with Crippen LogP contribution >= 0.6 is 0 Å². The molecule has 5 heteroatoms. The highest BCUT2D eigenvalue weighted by Gasteiger charge is 2.47. The van der Waals surface area contributed by atoms with Crippen molar-refractivity contribution in [2.45, 2.75) is 32.9 Å². The lowest BCUT2D eigenvalue weighted by atomic mass is 9.97. The standard InChI is InChI=1S/C16H17FN2O2/c1-10(2)7-14-15(20)13(8-18)16(21)19(14)9-11-3-5-12(17)6-4-11/h3-6,10,13-14H,7,9H2,1-2H3/t13?,14-/m0/s1. The summed E-state index contributed by atoms with van der Waals surface area (Å²) in [5.74, 6) is -2.08. The van der Waals surface area contributed by atoms with Gasteiger partial charge in [-0.2, -0.15) is 5.26 Å². The fraction of sp³-hybridized carbons (Fsp3) is 0.438. The van der Waals surface area contributed by atoms with Crippen molar-refractivity contribution in [1.29, 1.82) is 5.26 Å². The molecule has 1 unspecified atom stereocenters. The summed E-state index contributed by atoms with van der Waals surface area (Å²) in [5.41, 5.74) is 0.741. The van der Waals surface area contributed by atoms with Crippen LogP contribution in [-0.2, 0) is 16.1 Å². The highest BCUT2D eigenvalue weighted by Crippen LogP contribution is 2.27. The van der Waals surface area contributed by atoms with Crippen LogP contribution in [-0.4, -0.2) is 22.6 Å². The second-order valence-corrected chi connectivity index (χ2v) is 5.70. The summed E-state index contributed by atoms with van der Waals surface area (Å²) in [6.45, 7) is 4.15. The number of nitrogens with zero attached hydrogens (tertiary/aromatic N) is 2. The Morgan fingerprint density at radius 1 is 1.29 bits per heavy atom. The number of benzene rings is 1. The number of likely N-dealkylation sites (tertiary alicyclic amines) is 1. The van der Waals surface area contributed by atoms with Gasteiger partial charge in [0.15, 0.2) is 11.7 Å². The van der Waals surface area contributed by atoms with Gasteiger partial charge in [-0.15, -0.1) is 0 Å². The topological polar surface area (TPSA) is 61.2 Å². The number of rotatable bonds is 4. The summed E-state index contributed by atoms with van der Waals surface area (Å²) in [6, 6.07) is 7.03. The molecule has 2 rings (SSSR count). The Kier molecular flexibility index (Phi) is 4.37. The molecule has 4 nitrogen and oxygen atoms in total. The zero-order valence-electron chi connectivity index (χ0n) is 12.0. The summed E-state index contributed by atoms with van der Waals surface area (Å²) in [6.07, 6.45) is 0.532. The molecule has 110 valence electrons. The maximum Gasteiger partial charge on any atom is 0.248 e. The molecule has 21 heavy (non-hydrogen) atoms. The van der Waals surface area contributed by atoms with E-state index in [0.29, 0.717) is 6.42 Å². The van der Waals surface area contributed by atoms with Gasteiger partial charge < -0.3 is 4.90 Å². The molecule has 1 heterocycles. The van der Waals surface area contributed by atoms with Crippen LogP contribution in [0.2, 0.25) is 0 Å². The molecule has 2 atom stereocenters. The number of nitriles is 1. The summed E-state index contributed by atoms with van der Waals surface area (Å²) < 4.78 is 12.9. The van der Waals surface area contributed by atoms with E-state index in [0.717, 1.165) is 5.56 Å². The first-order chi connectivity index (χ1) is 9.93. The predicted molar refractivity (Wildman–Crippen MR) is 74.3 cm³/mol. The molecular weight excluding hydrogens is 271 g/mol. The van der Waals surface area contributed by atoms with Crippen LogP contribution < -0.4 is 0 Å². The highest BCUT2D eigenvalue weighted by atomic mass is 19.1. The Hall–Kier alpha value is -2.22. The van der Waals surface area contributed by atoms with Gasteiger partial charge in [-0.1, -0.05) is 26.0 Å². The second kappa shape index (κ2) is 6.04. The number of hydrogen-bond donors (Lipinski definition) is 0. The smallest absolute Gasteiger partial charge is 0.248 e. The van der Waals surface area contributed by atoms with E-state index in [1.165, 1.54) is 17.0 Å². The van der Waals surface area contributed by atoms with Crippen molar-refractivity contribution < 1.29 is 14.0 Å². The van der Waals surface area contributed by atoms with Gasteiger partial charge >= 0.3 is 0 Å². The van der Waals surface area contributed by atoms with E-state index in [1.54, 1.807) is 18.2 Å². The van der Waals surface area contributed by atoms with E-state index in [9.17, 15) is 14.0 Å². The van der Waals surface area contributed by atoms with Crippen molar-refractivity contribution in [2.75, 3.05) is 0 Å². The van der Waals surface area contributed by atoms with Crippen LogP contribution in [0, 0.1) is 29.0 Å². The average Bonchev–Trinajstić information content (AvgIpc) is 2.64. The van der Waals surface area contributed by atoms with Crippen molar-refractivity contribution in [2.24, 2.45) is 11.8 Å². The summed E-state index contributed by atoms with van der Waals surface area (Å²) in [7, 11) is 0.